The summed E-state index contributed by atoms with van der Waals surface area (Å²) < 4.78 is 5.62. The molecule has 1 aliphatic carbocycles. The first kappa shape index (κ1) is 11.5. The summed E-state index contributed by atoms with van der Waals surface area (Å²) in [4.78, 5) is 11.0. The van der Waals surface area contributed by atoms with Crippen molar-refractivity contribution in [2.24, 2.45) is 5.92 Å². The molecule has 1 fully saturated rings. The minimum atomic E-state index is 0.542. The summed E-state index contributed by atoms with van der Waals surface area (Å²) in [6.45, 7) is 2.71. The van der Waals surface area contributed by atoms with E-state index in [0.29, 0.717) is 28.9 Å². The van der Waals surface area contributed by atoms with Gasteiger partial charge in [0.25, 0.3) is 0 Å². The van der Waals surface area contributed by atoms with Gasteiger partial charge in [-0.15, -0.1) is 0 Å². The van der Waals surface area contributed by atoms with E-state index in [1.807, 2.05) is 19.1 Å². The summed E-state index contributed by atoms with van der Waals surface area (Å²) in [5.41, 5.74) is 1.62. The third-order valence-corrected chi connectivity index (χ3v) is 3.11. The van der Waals surface area contributed by atoms with E-state index in [9.17, 15) is 4.79 Å². The maximum Gasteiger partial charge on any atom is 0.153 e. The Hall–Kier alpha value is -1.02. The number of aryl methyl sites for hydroxylation is 1. The first-order chi connectivity index (χ1) is 7.74. The number of rotatable bonds is 5. The molecule has 0 saturated heterocycles. The van der Waals surface area contributed by atoms with Gasteiger partial charge in [-0.05, 0) is 42.9 Å². The average molecular weight is 239 g/mol. The maximum atomic E-state index is 11.0. The minimum Gasteiger partial charge on any atom is -0.491 e. The molecule has 1 aromatic rings. The van der Waals surface area contributed by atoms with Crippen LogP contribution in [0.2, 0.25) is 5.02 Å². The van der Waals surface area contributed by atoms with Gasteiger partial charge in [0, 0.05) is 0 Å². The highest BCUT2D eigenvalue weighted by Gasteiger charge is 2.23. The van der Waals surface area contributed by atoms with Crippen LogP contribution in [0, 0.1) is 5.92 Å². The van der Waals surface area contributed by atoms with Crippen LogP contribution in [0.5, 0.6) is 5.75 Å². The largest absolute Gasteiger partial charge is 0.491 e. The molecule has 0 bridgehead atoms. The number of benzene rings is 1. The molecule has 1 aromatic carbocycles. The van der Waals surface area contributed by atoms with Crippen LogP contribution >= 0.6 is 11.6 Å². The SMILES string of the molecule is CCc1cc(Cl)c(OCC2CC2)c(C=O)c1. The minimum absolute atomic E-state index is 0.542. The van der Waals surface area contributed by atoms with Gasteiger partial charge < -0.3 is 4.74 Å². The third kappa shape index (κ3) is 2.56. The van der Waals surface area contributed by atoms with Crippen molar-refractivity contribution in [2.45, 2.75) is 26.2 Å². The van der Waals surface area contributed by atoms with Gasteiger partial charge in [-0.3, -0.25) is 4.79 Å². The van der Waals surface area contributed by atoms with E-state index in [1.165, 1.54) is 12.8 Å². The molecule has 3 heteroatoms. The van der Waals surface area contributed by atoms with Crippen LogP contribution in [0.3, 0.4) is 0 Å². The van der Waals surface area contributed by atoms with Gasteiger partial charge in [-0.1, -0.05) is 18.5 Å². The lowest BCUT2D eigenvalue weighted by atomic mass is 10.1. The Balaban J connectivity index is 2.22. The van der Waals surface area contributed by atoms with Crippen LogP contribution < -0.4 is 4.74 Å². The topological polar surface area (TPSA) is 26.3 Å². The number of carbonyl (C=O) groups is 1. The Labute approximate surface area is 101 Å². The smallest absolute Gasteiger partial charge is 0.153 e. The quantitative estimate of drug-likeness (QED) is 0.734. The normalized spacial score (nSPS) is 14.9. The van der Waals surface area contributed by atoms with Crippen LogP contribution in [0.4, 0.5) is 0 Å². The third-order valence-electron chi connectivity index (χ3n) is 2.83. The molecule has 2 nitrogen and oxygen atoms in total. The summed E-state index contributed by atoms with van der Waals surface area (Å²) in [5.74, 6) is 1.20. The fourth-order valence-electron chi connectivity index (χ4n) is 1.60. The number of halogens is 1. The average Bonchev–Trinajstić information content (AvgIpc) is 3.10. The van der Waals surface area contributed by atoms with E-state index < -0.39 is 0 Å². The molecule has 0 N–H and O–H groups in total. The van der Waals surface area contributed by atoms with Crippen molar-refractivity contribution in [3.05, 3.63) is 28.3 Å². The second-order valence-corrected chi connectivity index (χ2v) is 4.63. The Morgan fingerprint density at radius 1 is 1.50 bits per heavy atom. The second kappa shape index (κ2) is 4.88. The molecule has 2 rings (SSSR count). The summed E-state index contributed by atoms with van der Waals surface area (Å²) in [6, 6.07) is 3.72. The van der Waals surface area contributed by atoms with Gasteiger partial charge in [-0.2, -0.15) is 0 Å². The number of hydrogen-bond acceptors (Lipinski definition) is 2. The highest BCUT2D eigenvalue weighted by Crippen LogP contribution is 2.34. The molecular formula is C13H15ClO2. The van der Waals surface area contributed by atoms with Crippen LogP contribution in [0.25, 0.3) is 0 Å². The monoisotopic (exact) mass is 238 g/mol. The molecule has 0 spiro atoms. The first-order valence-electron chi connectivity index (χ1n) is 5.65. The van der Waals surface area contributed by atoms with Gasteiger partial charge in [0.2, 0.25) is 0 Å². The van der Waals surface area contributed by atoms with E-state index in [-0.39, 0.29) is 0 Å². The zero-order valence-corrected chi connectivity index (χ0v) is 10.1. The van der Waals surface area contributed by atoms with Gasteiger partial charge in [0.15, 0.2) is 6.29 Å². The first-order valence-corrected chi connectivity index (χ1v) is 6.02. The fraction of sp³-hybridized carbons (Fsp3) is 0.462. The molecule has 0 radical (unpaired) electrons. The van der Waals surface area contributed by atoms with E-state index in [4.69, 9.17) is 16.3 Å². The van der Waals surface area contributed by atoms with Crippen LogP contribution in [-0.4, -0.2) is 12.9 Å². The molecule has 0 unspecified atom stereocenters. The van der Waals surface area contributed by atoms with Crippen LogP contribution in [-0.2, 0) is 6.42 Å². The molecule has 0 aromatic heterocycles. The number of aldehydes is 1. The Bertz CT molecular complexity index is 397. The van der Waals surface area contributed by atoms with Gasteiger partial charge >= 0.3 is 0 Å². The van der Waals surface area contributed by atoms with E-state index in [2.05, 4.69) is 0 Å². The van der Waals surface area contributed by atoms with Crippen molar-refractivity contribution in [2.75, 3.05) is 6.61 Å². The van der Waals surface area contributed by atoms with E-state index >= 15 is 0 Å². The number of hydrogen-bond donors (Lipinski definition) is 0. The lowest BCUT2D eigenvalue weighted by molar-refractivity contribution is 0.111. The molecule has 1 saturated carbocycles. The van der Waals surface area contributed by atoms with E-state index in [0.717, 1.165) is 18.3 Å². The van der Waals surface area contributed by atoms with Gasteiger partial charge in [0.1, 0.15) is 5.75 Å². The molecule has 1 aliphatic rings. The molecule has 16 heavy (non-hydrogen) atoms. The Morgan fingerprint density at radius 2 is 2.25 bits per heavy atom. The van der Waals surface area contributed by atoms with Crippen LogP contribution in [0.1, 0.15) is 35.7 Å². The summed E-state index contributed by atoms with van der Waals surface area (Å²) in [6.07, 6.45) is 4.12. The predicted octanol–water partition coefficient (Wildman–Crippen LogP) is 3.50. The van der Waals surface area contributed by atoms with Crippen molar-refractivity contribution in [3.8, 4) is 5.75 Å². The fourth-order valence-corrected chi connectivity index (χ4v) is 1.91. The van der Waals surface area contributed by atoms with E-state index in [1.54, 1.807) is 0 Å². The van der Waals surface area contributed by atoms with Crippen molar-refractivity contribution in [1.82, 2.24) is 0 Å². The zero-order valence-electron chi connectivity index (χ0n) is 9.33. The highest BCUT2D eigenvalue weighted by atomic mass is 35.5. The standard InChI is InChI=1S/C13H15ClO2/c1-2-9-5-11(7-15)13(12(14)6-9)16-8-10-3-4-10/h5-7,10H,2-4,8H2,1H3. The molecule has 0 atom stereocenters. The lowest BCUT2D eigenvalue weighted by Gasteiger charge is -2.11. The molecule has 0 heterocycles. The highest BCUT2D eigenvalue weighted by molar-refractivity contribution is 6.32. The second-order valence-electron chi connectivity index (χ2n) is 4.22. The van der Waals surface area contributed by atoms with Crippen molar-refractivity contribution >= 4 is 17.9 Å². The molecule has 0 amide bonds. The van der Waals surface area contributed by atoms with Gasteiger partial charge in [-0.25, -0.2) is 0 Å². The number of carbonyl (C=O) groups excluding carboxylic acids is 1. The summed E-state index contributed by atoms with van der Waals surface area (Å²) in [7, 11) is 0. The van der Waals surface area contributed by atoms with Crippen molar-refractivity contribution < 1.29 is 9.53 Å². The van der Waals surface area contributed by atoms with Crippen molar-refractivity contribution in [1.29, 1.82) is 0 Å². The summed E-state index contributed by atoms with van der Waals surface area (Å²) >= 11 is 6.11. The predicted molar refractivity (Wildman–Crippen MR) is 64.4 cm³/mol. The maximum absolute atomic E-state index is 11.0. The van der Waals surface area contributed by atoms with Crippen molar-refractivity contribution in [3.63, 3.8) is 0 Å². The number of ether oxygens (including phenoxy) is 1. The summed E-state index contributed by atoms with van der Waals surface area (Å²) in [5, 5.41) is 0.544. The molecule has 86 valence electrons. The lowest BCUT2D eigenvalue weighted by Crippen LogP contribution is -2.03. The van der Waals surface area contributed by atoms with Crippen LogP contribution in [0.15, 0.2) is 12.1 Å². The van der Waals surface area contributed by atoms with Gasteiger partial charge in [0.05, 0.1) is 17.2 Å². The Morgan fingerprint density at radius 3 is 2.81 bits per heavy atom. The Kier molecular flexibility index (Phi) is 3.49. The molecule has 0 aliphatic heterocycles. The molecular weight excluding hydrogens is 224 g/mol. The zero-order chi connectivity index (χ0) is 11.5.